The fourth-order valence-corrected chi connectivity index (χ4v) is 3.19. The average Bonchev–Trinajstić information content (AvgIpc) is 3.07. The van der Waals surface area contributed by atoms with Gasteiger partial charge in [0.2, 0.25) is 0 Å². The van der Waals surface area contributed by atoms with E-state index < -0.39 is 0 Å². The van der Waals surface area contributed by atoms with Gasteiger partial charge in [0.15, 0.2) is 5.82 Å². The maximum absolute atomic E-state index is 4.65. The molecule has 1 aliphatic rings. The van der Waals surface area contributed by atoms with Crippen molar-refractivity contribution in [3.8, 4) is 5.82 Å². The molecule has 0 atom stereocenters. The minimum atomic E-state index is 0.130. The minimum Gasteiger partial charge on any atom is -0.237 e. The van der Waals surface area contributed by atoms with Gasteiger partial charge in [-0.3, -0.25) is 0 Å². The first-order valence-corrected chi connectivity index (χ1v) is 7.57. The van der Waals surface area contributed by atoms with Crippen molar-refractivity contribution in [3.63, 3.8) is 0 Å². The molecule has 0 saturated heterocycles. The number of hydrogen-bond donors (Lipinski definition) is 0. The topological polar surface area (TPSA) is 30.7 Å². The van der Waals surface area contributed by atoms with Crippen LogP contribution in [0.25, 0.3) is 5.82 Å². The average molecular weight is 269 g/mol. The first-order chi connectivity index (χ1) is 9.57. The smallest absolute Gasteiger partial charge is 0.153 e. The van der Waals surface area contributed by atoms with E-state index in [-0.39, 0.29) is 5.41 Å². The van der Waals surface area contributed by atoms with Crippen molar-refractivity contribution in [3.05, 3.63) is 41.9 Å². The van der Waals surface area contributed by atoms with Gasteiger partial charge in [-0.25, -0.2) is 9.67 Å². The van der Waals surface area contributed by atoms with Crippen LogP contribution in [0.4, 0.5) is 0 Å². The first-order valence-electron chi connectivity index (χ1n) is 7.57. The number of pyridine rings is 1. The molecule has 3 nitrogen and oxygen atoms in total. The Bertz CT molecular complexity index is 572. The Morgan fingerprint density at radius 1 is 1.15 bits per heavy atom. The van der Waals surface area contributed by atoms with Gasteiger partial charge in [0.05, 0.1) is 11.9 Å². The Labute approximate surface area is 121 Å². The summed E-state index contributed by atoms with van der Waals surface area (Å²) in [6, 6.07) is 6.02. The molecule has 0 N–H and O–H groups in total. The zero-order chi connectivity index (χ0) is 14.2. The SMILES string of the molecule is CC(C)(C)c1cnn(-c2ccccn2)c1C1CCCC1. The molecule has 0 aliphatic heterocycles. The molecular weight excluding hydrogens is 246 g/mol. The molecule has 3 heteroatoms. The lowest BCUT2D eigenvalue weighted by Crippen LogP contribution is -2.16. The third-order valence-electron chi connectivity index (χ3n) is 4.22. The number of nitrogens with zero attached hydrogens (tertiary/aromatic N) is 3. The molecule has 2 aromatic heterocycles. The van der Waals surface area contributed by atoms with Gasteiger partial charge in [0, 0.05) is 12.1 Å². The molecule has 1 aliphatic carbocycles. The van der Waals surface area contributed by atoms with Gasteiger partial charge in [-0.15, -0.1) is 0 Å². The predicted molar refractivity (Wildman–Crippen MR) is 81.3 cm³/mol. The van der Waals surface area contributed by atoms with Gasteiger partial charge in [-0.1, -0.05) is 39.7 Å². The van der Waals surface area contributed by atoms with Gasteiger partial charge in [-0.2, -0.15) is 5.10 Å². The van der Waals surface area contributed by atoms with Crippen molar-refractivity contribution in [2.45, 2.75) is 57.8 Å². The fourth-order valence-electron chi connectivity index (χ4n) is 3.19. The van der Waals surface area contributed by atoms with Crippen molar-refractivity contribution in [1.82, 2.24) is 14.8 Å². The molecule has 3 rings (SSSR count). The zero-order valence-electron chi connectivity index (χ0n) is 12.6. The maximum Gasteiger partial charge on any atom is 0.153 e. The molecule has 0 radical (unpaired) electrons. The highest BCUT2D eigenvalue weighted by molar-refractivity contribution is 5.35. The molecule has 1 fully saturated rings. The molecular formula is C17H23N3. The van der Waals surface area contributed by atoms with Crippen LogP contribution in [0, 0.1) is 0 Å². The van der Waals surface area contributed by atoms with E-state index in [1.807, 2.05) is 30.6 Å². The molecule has 0 spiro atoms. The summed E-state index contributed by atoms with van der Waals surface area (Å²) >= 11 is 0. The van der Waals surface area contributed by atoms with Crippen LogP contribution < -0.4 is 0 Å². The Morgan fingerprint density at radius 2 is 1.90 bits per heavy atom. The van der Waals surface area contributed by atoms with E-state index in [1.165, 1.54) is 36.9 Å². The molecule has 0 amide bonds. The highest BCUT2D eigenvalue weighted by atomic mass is 15.3. The maximum atomic E-state index is 4.65. The lowest BCUT2D eigenvalue weighted by Gasteiger charge is -2.22. The number of hydrogen-bond acceptors (Lipinski definition) is 2. The van der Waals surface area contributed by atoms with Crippen LogP contribution in [0.2, 0.25) is 0 Å². The van der Waals surface area contributed by atoms with E-state index in [9.17, 15) is 0 Å². The lowest BCUT2D eigenvalue weighted by atomic mass is 9.83. The van der Waals surface area contributed by atoms with Crippen LogP contribution in [0.15, 0.2) is 30.6 Å². The molecule has 0 unspecified atom stereocenters. The Hall–Kier alpha value is -1.64. The summed E-state index contributed by atoms with van der Waals surface area (Å²) in [5.74, 6) is 1.57. The van der Waals surface area contributed by atoms with E-state index in [4.69, 9.17) is 0 Å². The molecule has 2 heterocycles. The third kappa shape index (κ3) is 2.37. The van der Waals surface area contributed by atoms with Crippen LogP contribution in [-0.4, -0.2) is 14.8 Å². The Balaban J connectivity index is 2.13. The van der Waals surface area contributed by atoms with Crippen molar-refractivity contribution < 1.29 is 0 Å². The summed E-state index contributed by atoms with van der Waals surface area (Å²) in [5, 5.41) is 4.65. The molecule has 20 heavy (non-hydrogen) atoms. The molecule has 106 valence electrons. The standard InChI is InChI=1S/C17H23N3/c1-17(2,3)14-12-19-20(15-10-6-7-11-18-15)16(14)13-8-4-5-9-13/h6-7,10-13H,4-5,8-9H2,1-3H3. The van der Waals surface area contributed by atoms with Crippen LogP contribution in [0.1, 0.15) is 63.6 Å². The second kappa shape index (κ2) is 5.04. The Morgan fingerprint density at radius 3 is 2.50 bits per heavy atom. The fraction of sp³-hybridized carbons (Fsp3) is 0.529. The second-order valence-corrected chi connectivity index (χ2v) is 6.77. The van der Waals surface area contributed by atoms with Gasteiger partial charge in [0.25, 0.3) is 0 Å². The summed E-state index contributed by atoms with van der Waals surface area (Å²) in [5.41, 5.74) is 2.88. The van der Waals surface area contributed by atoms with Crippen LogP contribution >= 0.6 is 0 Å². The van der Waals surface area contributed by atoms with Crippen molar-refractivity contribution in [2.24, 2.45) is 0 Å². The minimum absolute atomic E-state index is 0.130. The molecule has 1 saturated carbocycles. The van der Waals surface area contributed by atoms with Crippen molar-refractivity contribution >= 4 is 0 Å². The van der Waals surface area contributed by atoms with Crippen molar-refractivity contribution in [2.75, 3.05) is 0 Å². The first kappa shape index (κ1) is 13.3. The van der Waals surface area contributed by atoms with E-state index in [0.717, 1.165) is 5.82 Å². The summed E-state index contributed by atoms with van der Waals surface area (Å²) < 4.78 is 2.07. The van der Waals surface area contributed by atoms with Crippen LogP contribution in [0.3, 0.4) is 0 Å². The van der Waals surface area contributed by atoms with E-state index in [1.54, 1.807) is 0 Å². The van der Waals surface area contributed by atoms with Crippen LogP contribution in [0.5, 0.6) is 0 Å². The van der Waals surface area contributed by atoms with Gasteiger partial charge in [0.1, 0.15) is 0 Å². The highest BCUT2D eigenvalue weighted by Gasteiger charge is 2.30. The van der Waals surface area contributed by atoms with Crippen LogP contribution in [-0.2, 0) is 5.41 Å². The number of aromatic nitrogens is 3. The quantitative estimate of drug-likeness (QED) is 0.817. The molecule has 2 aromatic rings. The monoisotopic (exact) mass is 269 g/mol. The van der Waals surface area contributed by atoms with Gasteiger partial charge >= 0.3 is 0 Å². The summed E-state index contributed by atoms with van der Waals surface area (Å²) in [7, 11) is 0. The Kier molecular flexibility index (Phi) is 3.36. The largest absolute Gasteiger partial charge is 0.237 e. The van der Waals surface area contributed by atoms with E-state index in [0.29, 0.717) is 5.92 Å². The second-order valence-electron chi connectivity index (χ2n) is 6.77. The highest BCUT2D eigenvalue weighted by Crippen LogP contribution is 2.40. The summed E-state index contributed by atoms with van der Waals surface area (Å²) in [4.78, 5) is 4.48. The molecule has 0 aromatic carbocycles. The van der Waals surface area contributed by atoms with Gasteiger partial charge in [-0.05, 0) is 36.0 Å². The predicted octanol–water partition coefficient (Wildman–Crippen LogP) is 4.22. The van der Waals surface area contributed by atoms with E-state index in [2.05, 4.69) is 35.5 Å². The van der Waals surface area contributed by atoms with Crippen molar-refractivity contribution in [1.29, 1.82) is 0 Å². The number of rotatable bonds is 2. The van der Waals surface area contributed by atoms with E-state index >= 15 is 0 Å². The third-order valence-corrected chi connectivity index (χ3v) is 4.22. The molecule has 0 bridgehead atoms. The normalized spacial score (nSPS) is 16.8. The lowest BCUT2D eigenvalue weighted by molar-refractivity contribution is 0.559. The van der Waals surface area contributed by atoms with Gasteiger partial charge < -0.3 is 0 Å². The summed E-state index contributed by atoms with van der Waals surface area (Å²) in [6.45, 7) is 6.81. The zero-order valence-corrected chi connectivity index (χ0v) is 12.6. The summed E-state index contributed by atoms with van der Waals surface area (Å²) in [6.07, 6.45) is 9.11.